The lowest BCUT2D eigenvalue weighted by Crippen LogP contribution is -2.26. The van der Waals surface area contributed by atoms with E-state index >= 15 is 0 Å². The summed E-state index contributed by atoms with van der Waals surface area (Å²) < 4.78 is 0. The van der Waals surface area contributed by atoms with Crippen molar-refractivity contribution in [2.24, 2.45) is 5.41 Å². The molecule has 0 bridgehead atoms. The van der Waals surface area contributed by atoms with E-state index in [0.717, 1.165) is 6.42 Å². The van der Waals surface area contributed by atoms with Gasteiger partial charge in [-0.25, -0.2) is 0 Å². The van der Waals surface area contributed by atoms with Gasteiger partial charge in [-0.3, -0.25) is 0 Å². The van der Waals surface area contributed by atoms with Crippen molar-refractivity contribution in [3.05, 3.63) is 4.85 Å². The molecule has 2 rings (SSSR count). The summed E-state index contributed by atoms with van der Waals surface area (Å²) in [6.45, 7) is 0.583. The molecule has 9 heavy (non-hydrogen) atoms. The van der Waals surface area contributed by atoms with Gasteiger partial charge in [0.25, 0.3) is 12.6 Å². The first-order chi connectivity index (χ1) is 4.33. The van der Waals surface area contributed by atoms with Gasteiger partial charge < -0.3 is 5.11 Å². The molecule has 2 heteroatoms. The molecule has 1 fully saturated rings. The molecule has 0 aromatic carbocycles. The summed E-state index contributed by atoms with van der Waals surface area (Å²) in [4.78, 5) is 3.89. The molecular formula is C7H10NO+. The highest BCUT2D eigenvalue weighted by Gasteiger charge is 2.53. The Kier molecular flexibility index (Phi) is 0.866. The van der Waals surface area contributed by atoms with E-state index in [1.807, 2.05) is 0 Å². The number of hydrogen-bond donors (Lipinski definition) is 1. The van der Waals surface area contributed by atoms with Gasteiger partial charge in [-0.05, 0) is 12.8 Å². The lowest BCUT2D eigenvalue weighted by atomic mass is 9.94. The Labute approximate surface area is 54.3 Å². The van der Waals surface area contributed by atoms with Crippen LogP contribution in [0.2, 0.25) is 0 Å². The molecule has 0 aromatic rings. The van der Waals surface area contributed by atoms with Crippen molar-refractivity contribution in [2.45, 2.75) is 25.4 Å². The van der Waals surface area contributed by atoms with Gasteiger partial charge in [0.2, 0.25) is 0 Å². The molecule has 1 spiro atoms. The van der Waals surface area contributed by atoms with Gasteiger partial charge in [-0.2, -0.15) is 0 Å². The fourth-order valence-electron chi connectivity index (χ4n) is 1.35. The van der Waals surface area contributed by atoms with Crippen LogP contribution in [-0.4, -0.2) is 17.8 Å². The average molecular weight is 124 g/mol. The van der Waals surface area contributed by atoms with Crippen molar-refractivity contribution in [1.29, 1.82) is 0 Å². The Morgan fingerprint density at radius 3 is 2.78 bits per heavy atom. The largest absolute Gasteiger partial charge is 0.385 e. The highest BCUT2D eigenvalue weighted by Crippen LogP contribution is 2.52. The molecule has 1 aliphatic heterocycles. The van der Waals surface area contributed by atoms with E-state index in [-0.39, 0.29) is 11.5 Å². The van der Waals surface area contributed by atoms with Gasteiger partial charge in [0.05, 0.1) is 6.42 Å². The van der Waals surface area contributed by atoms with Crippen LogP contribution in [0.3, 0.4) is 0 Å². The van der Waals surface area contributed by atoms with E-state index in [2.05, 4.69) is 10.9 Å². The number of aliphatic hydroxyl groups excluding tert-OH is 1. The van der Waals surface area contributed by atoms with Crippen molar-refractivity contribution in [3.8, 4) is 6.07 Å². The molecule has 0 unspecified atom stereocenters. The molecule has 1 N–H and O–H groups in total. The average Bonchev–Trinajstić information content (AvgIpc) is 2.60. The predicted molar refractivity (Wildman–Crippen MR) is 34.4 cm³/mol. The summed E-state index contributed by atoms with van der Waals surface area (Å²) in [5.74, 6) is 0. The van der Waals surface area contributed by atoms with Gasteiger partial charge in [0.15, 0.2) is 0 Å². The SMILES string of the molecule is O[C@@H]1C[N+]#CCC12CC2. The molecule has 1 atom stereocenters. The second-order valence-electron chi connectivity index (χ2n) is 3.05. The number of hydrogen-bond acceptors (Lipinski definition) is 1. The van der Waals surface area contributed by atoms with Gasteiger partial charge in [-0.1, -0.05) is 4.85 Å². The number of nitrogens with zero attached hydrogens (tertiary/aromatic N) is 1. The zero-order valence-corrected chi connectivity index (χ0v) is 5.30. The van der Waals surface area contributed by atoms with Crippen LogP contribution in [0.5, 0.6) is 0 Å². The van der Waals surface area contributed by atoms with Crippen LogP contribution in [0.15, 0.2) is 0 Å². The fraction of sp³-hybridized carbons (Fsp3) is 0.857. The Bertz CT molecular complexity index is 185. The van der Waals surface area contributed by atoms with E-state index in [0.29, 0.717) is 6.54 Å². The third kappa shape index (κ3) is 0.650. The van der Waals surface area contributed by atoms with Crippen LogP contribution in [0.25, 0.3) is 4.85 Å². The minimum atomic E-state index is -0.168. The van der Waals surface area contributed by atoms with E-state index in [1.54, 1.807) is 0 Å². The third-order valence-corrected chi connectivity index (χ3v) is 2.41. The van der Waals surface area contributed by atoms with Crippen LogP contribution < -0.4 is 0 Å². The van der Waals surface area contributed by atoms with Crippen LogP contribution >= 0.6 is 0 Å². The summed E-state index contributed by atoms with van der Waals surface area (Å²) in [7, 11) is 0. The normalized spacial score (nSPS) is 35.4. The van der Waals surface area contributed by atoms with Gasteiger partial charge in [0.1, 0.15) is 6.10 Å². The Hall–Kier alpha value is -0.550. The smallest absolute Gasteiger partial charge is 0.289 e. The minimum Gasteiger partial charge on any atom is -0.385 e. The maximum Gasteiger partial charge on any atom is 0.289 e. The molecule has 1 heterocycles. The second kappa shape index (κ2) is 1.48. The van der Waals surface area contributed by atoms with Crippen molar-refractivity contribution in [3.63, 3.8) is 0 Å². The molecule has 0 radical (unpaired) electrons. The number of aliphatic hydroxyl groups is 1. The lowest BCUT2D eigenvalue weighted by molar-refractivity contribution is 0.106. The molecular weight excluding hydrogens is 114 g/mol. The van der Waals surface area contributed by atoms with E-state index < -0.39 is 0 Å². The van der Waals surface area contributed by atoms with Gasteiger partial charge >= 0.3 is 0 Å². The Morgan fingerprint density at radius 2 is 2.33 bits per heavy atom. The minimum absolute atomic E-state index is 0.168. The summed E-state index contributed by atoms with van der Waals surface area (Å²) in [5, 5.41) is 9.37. The first-order valence-electron chi connectivity index (χ1n) is 3.41. The summed E-state index contributed by atoms with van der Waals surface area (Å²) in [6.07, 6.45) is 3.07. The summed E-state index contributed by atoms with van der Waals surface area (Å²) >= 11 is 0. The van der Waals surface area contributed by atoms with E-state index in [1.165, 1.54) is 12.8 Å². The van der Waals surface area contributed by atoms with Crippen LogP contribution in [0.1, 0.15) is 19.3 Å². The lowest BCUT2D eigenvalue weighted by Gasteiger charge is -2.12. The molecule has 2 aliphatic rings. The molecule has 2 nitrogen and oxygen atoms in total. The maximum absolute atomic E-state index is 9.37. The molecule has 0 aromatic heterocycles. The van der Waals surface area contributed by atoms with Crippen LogP contribution in [0.4, 0.5) is 0 Å². The molecule has 1 aliphatic carbocycles. The van der Waals surface area contributed by atoms with E-state index in [4.69, 9.17) is 0 Å². The molecule has 1 saturated carbocycles. The zero-order chi connectivity index (χ0) is 6.32. The Balaban J connectivity index is 2.19. The maximum atomic E-state index is 9.37. The van der Waals surface area contributed by atoms with Crippen molar-refractivity contribution in [2.75, 3.05) is 6.54 Å². The summed E-state index contributed by atoms with van der Waals surface area (Å²) in [5.41, 5.74) is 0.238. The van der Waals surface area contributed by atoms with Crippen molar-refractivity contribution < 1.29 is 5.11 Å². The monoisotopic (exact) mass is 124 g/mol. The first-order valence-corrected chi connectivity index (χ1v) is 3.41. The quantitative estimate of drug-likeness (QED) is 0.509. The van der Waals surface area contributed by atoms with Crippen molar-refractivity contribution >= 4 is 0 Å². The highest BCUT2D eigenvalue weighted by molar-refractivity contribution is 5.12. The number of rotatable bonds is 0. The van der Waals surface area contributed by atoms with Crippen LogP contribution in [-0.2, 0) is 0 Å². The summed E-state index contributed by atoms with van der Waals surface area (Å²) in [6, 6.07) is 2.93. The third-order valence-electron chi connectivity index (χ3n) is 2.41. The topological polar surface area (TPSA) is 24.6 Å². The zero-order valence-electron chi connectivity index (χ0n) is 5.30. The second-order valence-corrected chi connectivity index (χ2v) is 3.05. The first kappa shape index (κ1) is 5.25. The Morgan fingerprint density at radius 1 is 1.56 bits per heavy atom. The van der Waals surface area contributed by atoms with Crippen LogP contribution in [0, 0.1) is 11.5 Å². The predicted octanol–water partition coefficient (Wildman–Crippen LogP) is 0.864. The fourth-order valence-corrected chi connectivity index (χ4v) is 1.35. The standard InChI is InChI=1S/C7H10NO/c9-6-5-8-4-3-7(6)1-2-7/h6,9H,1-3,5H2/q+1/t6-/m1/s1. The molecule has 48 valence electrons. The van der Waals surface area contributed by atoms with E-state index in [9.17, 15) is 5.11 Å². The van der Waals surface area contributed by atoms with Gasteiger partial charge in [-0.15, -0.1) is 0 Å². The highest BCUT2D eigenvalue weighted by atomic mass is 16.3. The molecule has 0 amide bonds. The van der Waals surface area contributed by atoms with Crippen molar-refractivity contribution in [1.82, 2.24) is 0 Å². The molecule has 0 saturated heterocycles. The van der Waals surface area contributed by atoms with Gasteiger partial charge in [0, 0.05) is 5.41 Å².